The minimum atomic E-state index is -0.761. The second-order valence-electron chi connectivity index (χ2n) is 4.99. The van der Waals surface area contributed by atoms with Crippen molar-refractivity contribution in [3.63, 3.8) is 0 Å². The lowest BCUT2D eigenvalue weighted by molar-refractivity contribution is -0.143. The van der Waals surface area contributed by atoms with E-state index in [-0.39, 0.29) is 17.9 Å². The number of carboxylic acid groups (broad SMARTS) is 1. The molecule has 1 aliphatic carbocycles. The molecule has 1 amide bonds. The smallest absolute Gasteiger partial charge is 0.308 e. The van der Waals surface area contributed by atoms with Gasteiger partial charge in [-0.25, -0.2) is 0 Å². The summed E-state index contributed by atoms with van der Waals surface area (Å²) in [5.74, 6) is -1.39. The number of aromatic nitrogens is 1. The summed E-state index contributed by atoms with van der Waals surface area (Å²) >= 11 is 0. The molecule has 1 aliphatic rings. The maximum absolute atomic E-state index is 11.5. The first-order valence-corrected chi connectivity index (χ1v) is 6.79. The maximum Gasteiger partial charge on any atom is 0.308 e. The van der Waals surface area contributed by atoms with Gasteiger partial charge in [-0.1, -0.05) is 12.8 Å². The molecule has 0 radical (unpaired) electrons. The lowest BCUT2D eigenvalue weighted by atomic mass is 9.84. The summed E-state index contributed by atoms with van der Waals surface area (Å²) < 4.78 is 0. The number of pyridine rings is 1. The van der Waals surface area contributed by atoms with Crippen LogP contribution in [0.3, 0.4) is 0 Å². The minimum Gasteiger partial charge on any atom is -0.481 e. The van der Waals surface area contributed by atoms with Gasteiger partial charge in [0.25, 0.3) is 5.91 Å². The summed E-state index contributed by atoms with van der Waals surface area (Å²) in [6, 6.07) is 3.30. The van der Waals surface area contributed by atoms with E-state index in [1.54, 1.807) is 25.4 Å². The number of nitrogens with zero attached hydrogens (tertiary/aromatic N) is 1. The number of amides is 1. The summed E-state index contributed by atoms with van der Waals surface area (Å²) in [5, 5.41) is 15.0. The molecule has 0 aromatic carbocycles. The van der Waals surface area contributed by atoms with Gasteiger partial charge >= 0.3 is 5.97 Å². The quantitative estimate of drug-likeness (QED) is 0.775. The van der Waals surface area contributed by atoms with E-state index in [1.807, 2.05) is 0 Å². The molecule has 1 aromatic heterocycles. The fourth-order valence-electron chi connectivity index (χ4n) is 2.59. The second-order valence-corrected chi connectivity index (χ2v) is 4.99. The van der Waals surface area contributed by atoms with Crippen molar-refractivity contribution in [1.29, 1.82) is 0 Å². The zero-order valence-electron chi connectivity index (χ0n) is 11.4. The third-order valence-corrected chi connectivity index (χ3v) is 3.65. The second kappa shape index (κ2) is 6.36. The summed E-state index contributed by atoms with van der Waals surface area (Å²) in [5.41, 5.74) is 1.05. The zero-order valence-corrected chi connectivity index (χ0v) is 11.4. The van der Waals surface area contributed by atoms with Crippen LogP contribution >= 0.6 is 0 Å². The van der Waals surface area contributed by atoms with E-state index >= 15 is 0 Å². The lowest BCUT2D eigenvalue weighted by Gasteiger charge is -2.30. The van der Waals surface area contributed by atoms with Crippen LogP contribution in [0.5, 0.6) is 0 Å². The molecule has 1 fully saturated rings. The number of carboxylic acids is 1. The molecule has 2 atom stereocenters. The van der Waals surface area contributed by atoms with E-state index in [2.05, 4.69) is 15.6 Å². The van der Waals surface area contributed by atoms with Crippen molar-refractivity contribution in [2.75, 3.05) is 12.4 Å². The summed E-state index contributed by atoms with van der Waals surface area (Å²) in [6.07, 6.45) is 5.05. The maximum atomic E-state index is 11.5. The molecular formula is C14H19N3O3. The number of rotatable bonds is 4. The number of hydrogen-bond acceptors (Lipinski definition) is 4. The third-order valence-electron chi connectivity index (χ3n) is 3.65. The molecule has 2 rings (SSSR count). The topological polar surface area (TPSA) is 91.3 Å². The van der Waals surface area contributed by atoms with Gasteiger partial charge in [-0.2, -0.15) is 0 Å². The van der Waals surface area contributed by atoms with Crippen LogP contribution in [0.4, 0.5) is 5.69 Å². The first kappa shape index (κ1) is 14.3. The Balaban J connectivity index is 2.12. The molecular weight excluding hydrogens is 258 g/mol. The van der Waals surface area contributed by atoms with Gasteiger partial charge in [-0.05, 0) is 25.0 Å². The predicted molar refractivity (Wildman–Crippen MR) is 74.6 cm³/mol. The molecule has 1 saturated carbocycles. The highest BCUT2D eigenvalue weighted by Crippen LogP contribution is 2.27. The summed E-state index contributed by atoms with van der Waals surface area (Å²) in [4.78, 5) is 26.8. The highest BCUT2D eigenvalue weighted by Gasteiger charge is 2.30. The molecule has 3 N–H and O–H groups in total. The molecule has 108 valence electrons. The molecule has 0 aliphatic heterocycles. The van der Waals surface area contributed by atoms with Crippen LogP contribution in [0.2, 0.25) is 0 Å². The number of carbonyl (C=O) groups is 2. The van der Waals surface area contributed by atoms with Crippen molar-refractivity contribution in [2.24, 2.45) is 5.92 Å². The van der Waals surface area contributed by atoms with Crippen LogP contribution in [0.25, 0.3) is 0 Å². The summed E-state index contributed by atoms with van der Waals surface area (Å²) in [6.45, 7) is 0. The molecule has 1 aromatic rings. The molecule has 6 heteroatoms. The van der Waals surface area contributed by atoms with Crippen LogP contribution < -0.4 is 10.6 Å². The van der Waals surface area contributed by atoms with Gasteiger partial charge in [0.2, 0.25) is 0 Å². The number of carbonyl (C=O) groups excluding carboxylic acids is 1. The first-order chi connectivity index (χ1) is 9.61. The summed E-state index contributed by atoms with van der Waals surface area (Å²) in [7, 11) is 1.55. The Morgan fingerprint density at radius 3 is 2.80 bits per heavy atom. The Morgan fingerprint density at radius 2 is 2.10 bits per heavy atom. The monoisotopic (exact) mass is 277 g/mol. The van der Waals surface area contributed by atoms with Crippen molar-refractivity contribution in [3.05, 3.63) is 24.0 Å². The standard InChI is InChI=1S/C14H19N3O3/c1-15-13(18)12-8-9(6-7-16-12)17-11-5-3-2-4-10(11)14(19)20/h6-8,10-11H,2-5H2,1H3,(H,15,18)(H,16,17)(H,19,20). The van der Waals surface area contributed by atoms with Gasteiger partial charge in [0.1, 0.15) is 5.69 Å². The van der Waals surface area contributed by atoms with Crippen molar-refractivity contribution >= 4 is 17.6 Å². The normalized spacial score (nSPS) is 22.1. The molecule has 20 heavy (non-hydrogen) atoms. The fourth-order valence-corrected chi connectivity index (χ4v) is 2.59. The molecule has 0 spiro atoms. The van der Waals surface area contributed by atoms with E-state index in [1.165, 1.54) is 0 Å². The van der Waals surface area contributed by atoms with Gasteiger partial charge in [0, 0.05) is 25.0 Å². The third kappa shape index (κ3) is 3.26. The van der Waals surface area contributed by atoms with Gasteiger partial charge in [-0.15, -0.1) is 0 Å². The van der Waals surface area contributed by atoms with E-state index in [0.29, 0.717) is 12.1 Å². The first-order valence-electron chi connectivity index (χ1n) is 6.79. The van der Waals surface area contributed by atoms with E-state index in [0.717, 1.165) is 24.9 Å². The molecule has 0 saturated heterocycles. The van der Waals surface area contributed by atoms with Crippen molar-refractivity contribution in [3.8, 4) is 0 Å². The largest absolute Gasteiger partial charge is 0.481 e. The van der Waals surface area contributed by atoms with Crippen LogP contribution in [0, 0.1) is 5.92 Å². The number of aliphatic carboxylic acids is 1. The Kier molecular flexibility index (Phi) is 4.55. The van der Waals surface area contributed by atoms with E-state index < -0.39 is 5.97 Å². The van der Waals surface area contributed by atoms with Crippen molar-refractivity contribution < 1.29 is 14.7 Å². The number of anilines is 1. The Labute approximate surface area is 117 Å². The molecule has 6 nitrogen and oxygen atoms in total. The highest BCUT2D eigenvalue weighted by atomic mass is 16.4. The van der Waals surface area contributed by atoms with Gasteiger partial charge in [0.05, 0.1) is 5.92 Å². The highest BCUT2D eigenvalue weighted by molar-refractivity contribution is 5.92. The lowest BCUT2D eigenvalue weighted by Crippen LogP contribution is -2.37. The molecule has 2 unspecified atom stereocenters. The van der Waals surface area contributed by atoms with Crippen LogP contribution in [0.15, 0.2) is 18.3 Å². The van der Waals surface area contributed by atoms with Crippen LogP contribution in [0.1, 0.15) is 36.2 Å². The van der Waals surface area contributed by atoms with Gasteiger partial charge in [0.15, 0.2) is 0 Å². The molecule has 1 heterocycles. The number of nitrogens with one attached hydrogen (secondary N) is 2. The SMILES string of the molecule is CNC(=O)c1cc(NC2CCCCC2C(=O)O)ccn1. The number of hydrogen-bond donors (Lipinski definition) is 3. The average molecular weight is 277 g/mol. The fraction of sp³-hybridized carbons (Fsp3) is 0.500. The van der Waals surface area contributed by atoms with Crippen molar-refractivity contribution in [1.82, 2.24) is 10.3 Å². The van der Waals surface area contributed by atoms with Crippen LogP contribution in [-0.4, -0.2) is 35.1 Å². The van der Waals surface area contributed by atoms with Gasteiger partial charge in [-0.3, -0.25) is 14.6 Å². The molecule has 0 bridgehead atoms. The van der Waals surface area contributed by atoms with Crippen molar-refractivity contribution in [2.45, 2.75) is 31.7 Å². The van der Waals surface area contributed by atoms with E-state index in [9.17, 15) is 14.7 Å². The van der Waals surface area contributed by atoms with Gasteiger partial charge < -0.3 is 15.7 Å². The van der Waals surface area contributed by atoms with E-state index in [4.69, 9.17) is 0 Å². The van der Waals surface area contributed by atoms with Crippen LogP contribution in [-0.2, 0) is 4.79 Å². The average Bonchev–Trinajstić information content (AvgIpc) is 2.47. The Hall–Kier alpha value is -2.11. The Bertz CT molecular complexity index is 504. The predicted octanol–water partition coefficient (Wildman–Crippen LogP) is 1.50. The Morgan fingerprint density at radius 1 is 1.35 bits per heavy atom. The minimum absolute atomic E-state index is 0.0961. The zero-order chi connectivity index (χ0) is 14.5.